The lowest BCUT2D eigenvalue weighted by molar-refractivity contribution is -0.275. The standard InChI is InChI=1S/C16H10ClF4NO5/c1-26-13-9(17)4-8(6-12(13)27-16(19,20)21)14(23)22-11-3-2-7(15(24)25)5-10(11)18/h2-6H,1H3,(H,22,23)(H,24,25). The van der Waals surface area contributed by atoms with Gasteiger partial charge in [0.15, 0.2) is 11.5 Å². The van der Waals surface area contributed by atoms with E-state index in [1.54, 1.807) is 0 Å². The van der Waals surface area contributed by atoms with Crippen molar-refractivity contribution in [1.29, 1.82) is 0 Å². The fraction of sp³-hybridized carbons (Fsp3) is 0.125. The molecule has 0 fully saturated rings. The first-order valence-electron chi connectivity index (χ1n) is 6.99. The van der Waals surface area contributed by atoms with E-state index in [1.807, 2.05) is 0 Å². The number of nitrogens with one attached hydrogen (secondary N) is 1. The predicted molar refractivity (Wildman–Crippen MR) is 86.0 cm³/mol. The zero-order valence-electron chi connectivity index (χ0n) is 13.4. The molecule has 0 spiro atoms. The fourth-order valence-electron chi connectivity index (χ4n) is 2.04. The molecular weight excluding hydrogens is 398 g/mol. The van der Waals surface area contributed by atoms with Crippen molar-refractivity contribution < 1.29 is 41.7 Å². The molecule has 0 unspecified atom stereocenters. The lowest BCUT2D eigenvalue weighted by Gasteiger charge is -2.15. The molecule has 144 valence electrons. The Morgan fingerprint density at radius 3 is 2.33 bits per heavy atom. The van der Waals surface area contributed by atoms with Gasteiger partial charge in [-0.25, -0.2) is 9.18 Å². The second kappa shape index (κ2) is 7.70. The molecule has 0 aliphatic rings. The van der Waals surface area contributed by atoms with Gasteiger partial charge in [-0.1, -0.05) is 11.6 Å². The van der Waals surface area contributed by atoms with Crippen molar-refractivity contribution in [1.82, 2.24) is 0 Å². The van der Waals surface area contributed by atoms with Gasteiger partial charge in [0, 0.05) is 5.56 Å². The van der Waals surface area contributed by atoms with Gasteiger partial charge in [-0.05, 0) is 30.3 Å². The summed E-state index contributed by atoms with van der Waals surface area (Å²) in [5.74, 6) is -4.72. The fourth-order valence-corrected chi connectivity index (χ4v) is 2.33. The summed E-state index contributed by atoms with van der Waals surface area (Å²) in [4.78, 5) is 23.0. The van der Waals surface area contributed by atoms with Crippen molar-refractivity contribution >= 4 is 29.2 Å². The Labute approximate surface area is 154 Å². The molecule has 0 aliphatic heterocycles. The number of amides is 1. The number of carboxylic acids is 1. The van der Waals surface area contributed by atoms with E-state index in [0.717, 1.165) is 31.4 Å². The Balaban J connectivity index is 2.35. The quantitative estimate of drug-likeness (QED) is 0.720. The molecule has 6 nitrogen and oxygen atoms in total. The van der Waals surface area contributed by atoms with Crippen LogP contribution in [0.15, 0.2) is 30.3 Å². The van der Waals surface area contributed by atoms with Crippen molar-refractivity contribution in [3.8, 4) is 11.5 Å². The van der Waals surface area contributed by atoms with E-state index in [2.05, 4.69) is 10.1 Å². The van der Waals surface area contributed by atoms with Gasteiger partial charge in [0.1, 0.15) is 5.82 Å². The number of alkyl halides is 3. The Morgan fingerprint density at radius 2 is 1.81 bits per heavy atom. The van der Waals surface area contributed by atoms with E-state index in [1.165, 1.54) is 0 Å². The van der Waals surface area contributed by atoms with Gasteiger partial charge < -0.3 is 19.9 Å². The number of aromatic carboxylic acids is 1. The summed E-state index contributed by atoms with van der Waals surface area (Å²) in [7, 11) is 1.06. The zero-order valence-corrected chi connectivity index (χ0v) is 14.1. The third-order valence-corrected chi connectivity index (χ3v) is 3.45. The molecule has 27 heavy (non-hydrogen) atoms. The van der Waals surface area contributed by atoms with Crippen LogP contribution in [0.1, 0.15) is 20.7 Å². The average molecular weight is 408 g/mol. The maximum absolute atomic E-state index is 13.9. The molecular formula is C16H10ClF4NO5. The first kappa shape index (κ1) is 20.3. The molecule has 0 saturated heterocycles. The molecule has 2 aromatic carbocycles. The number of hydrogen-bond acceptors (Lipinski definition) is 4. The van der Waals surface area contributed by atoms with E-state index < -0.39 is 35.6 Å². The normalized spacial score (nSPS) is 11.0. The largest absolute Gasteiger partial charge is 0.573 e. The Morgan fingerprint density at radius 1 is 1.15 bits per heavy atom. The third-order valence-electron chi connectivity index (χ3n) is 3.17. The highest BCUT2D eigenvalue weighted by Crippen LogP contribution is 2.39. The lowest BCUT2D eigenvalue weighted by atomic mass is 10.1. The Hall–Kier alpha value is -3.01. The SMILES string of the molecule is COc1c(Cl)cc(C(=O)Nc2ccc(C(=O)O)cc2F)cc1OC(F)(F)F. The van der Waals surface area contributed by atoms with Gasteiger partial charge in [0.2, 0.25) is 0 Å². The maximum Gasteiger partial charge on any atom is 0.573 e. The van der Waals surface area contributed by atoms with Crippen molar-refractivity contribution in [2.24, 2.45) is 0 Å². The summed E-state index contributed by atoms with van der Waals surface area (Å²) in [6, 6.07) is 4.44. The summed E-state index contributed by atoms with van der Waals surface area (Å²) in [6.45, 7) is 0. The molecule has 2 aromatic rings. The van der Waals surface area contributed by atoms with Crippen LogP contribution in [0.5, 0.6) is 11.5 Å². The van der Waals surface area contributed by atoms with Crippen LogP contribution >= 0.6 is 11.6 Å². The molecule has 2 N–H and O–H groups in total. The van der Waals surface area contributed by atoms with Gasteiger partial charge in [0.25, 0.3) is 5.91 Å². The minimum atomic E-state index is -5.07. The first-order chi connectivity index (χ1) is 12.5. The molecule has 0 saturated carbocycles. The van der Waals surface area contributed by atoms with Gasteiger partial charge in [-0.15, -0.1) is 13.2 Å². The zero-order chi connectivity index (χ0) is 20.4. The van der Waals surface area contributed by atoms with Crippen LogP contribution in [0.4, 0.5) is 23.2 Å². The summed E-state index contributed by atoms with van der Waals surface area (Å²) < 4.78 is 59.9. The number of carbonyl (C=O) groups is 2. The number of ether oxygens (including phenoxy) is 2. The van der Waals surface area contributed by atoms with Gasteiger partial charge in [-0.3, -0.25) is 4.79 Å². The van der Waals surface area contributed by atoms with Crippen LogP contribution in [0, 0.1) is 5.82 Å². The van der Waals surface area contributed by atoms with Crippen LogP contribution in [0.25, 0.3) is 0 Å². The van der Waals surface area contributed by atoms with Crippen molar-refractivity contribution in [3.63, 3.8) is 0 Å². The number of rotatable bonds is 5. The molecule has 0 aliphatic carbocycles. The van der Waals surface area contributed by atoms with Crippen molar-refractivity contribution in [2.45, 2.75) is 6.36 Å². The molecule has 1 amide bonds. The Kier molecular flexibility index (Phi) is 5.79. The van der Waals surface area contributed by atoms with Crippen molar-refractivity contribution in [3.05, 3.63) is 52.3 Å². The number of carbonyl (C=O) groups excluding carboxylic acids is 1. The minimum Gasteiger partial charge on any atom is -0.491 e. The number of anilines is 1. The van der Waals surface area contributed by atoms with E-state index >= 15 is 0 Å². The first-order valence-corrected chi connectivity index (χ1v) is 7.37. The summed E-state index contributed by atoms with van der Waals surface area (Å²) >= 11 is 5.81. The second-order valence-corrected chi connectivity index (χ2v) is 5.40. The Bertz CT molecular complexity index is 901. The molecule has 11 heteroatoms. The van der Waals surface area contributed by atoms with E-state index in [-0.39, 0.29) is 21.8 Å². The molecule has 0 atom stereocenters. The monoisotopic (exact) mass is 407 g/mol. The highest BCUT2D eigenvalue weighted by atomic mass is 35.5. The van der Waals surface area contributed by atoms with E-state index in [0.29, 0.717) is 6.07 Å². The summed E-state index contributed by atoms with van der Waals surface area (Å²) in [5, 5.41) is 10.5. The topological polar surface area (TPSA) is 84.9 Å². The lowest BCUT2D eigenvalue weighted by Crippen LogP contribution is -2.19. The van der Waals surface area contributed by atoms with Gasteiger partial charge in [0.05, 0.1) is 23.4 Å². The average Bonchev–Trinajstić information content (AvgIpc) is 2.54. The molecule has 0 aromatic heterocycles. The van der Waals surface area contributed by atoms with Crippen LogP contribution in [0.2, 0.25) is 5.02 Å². The molecule has 2 rings (SSSR count). The third kappa shape index (κ3) is 5.00. The van der Waals surface area contributed by atoms with E-state index in [4.69, 9.17) is 21.4 Å². The van der Waals surface area contributed by atoms with E-state index in [9.17, 15) is 27.2 Å². The molecule has 0 heterocycles. The summed E-state index contributed by atoms with van der Waals surface area (Å²) in [5.41, 5.74) is -1.10. The minimum absolute atomic E-state index is 0.342. The van der Waals surface area contributed by atoms with Crippen molar-refractivity contribution in [2.75, 3.05) is 12.4 Å². The maximum atomic E-state index is 13.9. The van der Waals surface area contributed by atoms with Crippen LogP contribution in [-0.4, -0.2) is 30.5 Å². The number of hydrogen-bond donors (Lipinski definition) is 2. The second-order valence-electron chi connectivity index (χ2n) is 4.99. The summed E-state index contributed by atoms with van der Waals surface area (Å²) in [6.07, 6.45) is -5.07. The number of carboxylic acid groups (broad SMARTS) is 1. The predicted octanol–water partition coefficient (Wildman–Crippen LogP) is 4.34. The molecule has 0 radical (unpaired) electrons. The van der Waals surface area contributed by atoms with Crippen LogP contribution in [-0.2, 0) is 0 Å². The number of halogens is 5. The highest BCUT2D eigenvalue weighted by Gasteiger charge is 2.33. The van der Waals surface area contributed by atoms with Gasteiger partial charge >= 0.3 is 12.3 Å². The smallest absolute Gasteiger partial charge is 0.491 e. The molecule has 0 bridgehead atoms. The van der Waals surface area contributed by atoms with Crippen LogP contribution in [0.3, 0.4) is 0 Å². The highest BCUT2D eigenvalue weighted by molar-refractivity contribution is 6.32. The van der Waals surface area contributed by atoms with Crippen LogP contribution < -0.4 is 14.8 Å². The number of benzene rings is 2. The van der Waals surface area contributed by atoms with Gasteiger partial charge in [-0.2, -0.15) is 0 Å². The number of methoxy groups -OCH3 is 1.